The molecule has 7 heteroatoms. The molecule has 1 aromatic heterocycles. The molecule has 1 fully saturated rings. The highest BCUT2D eigenvalue weighted by molar-refractivity contribution is 6.30. The number of nitrogens with one attached hydrogen (secondary N) is 1. The second-order valence-electron chi connectivity index (χ2n) is 6.56. The summed E-state index contributed by atoms with van der Waals surface area (Å²) in [5, 5.41) is 3.58. The van der Waals surface area contributed by atoms with Crippen molar-refractivity contribution in [3.05, 3.63) is 53.6 Å². The molecule has 4 rings (SSSR count). The number of imidazole rings is 1. The molecule has 2 heterocycles. The van der Waals surface area contributed by atoms with E-state index in [9.17, 15) is 4.79 Å². The Morgan fingerprint density at radius 2 is 1.78 bits per heavy atom. The minimum atomic E-state index is -0.0824. The van der Waals surface area contributed by atoms with Crippen molar-refractivity contribution in [2.24, 2.45) is 0 Å². The SMILES string of the molecule is CCn1c(N2CCN(C(=O)Nc3ccc(Cl)cc3)CC2)nc2ccccc21. The maximum absolute atomic E-state index is 12.5. The zero-order valence-corrected chi connectivity index (χ0v) is 16.0. The number of aromatic nitrogens is 2. The number of para-hydroxylation sites is 2. The number of benzene rings is 2. The lowest BCUT2D eigenvalue weighted by Crippen LogP contribution is -2.50. The number of fused-ring (bicyclic) bond motifs is 1. The molecule has 27 heavy (non-hydrogen) atoms. The van der Waals surface area contributed by atoms with Crippen LogP contribution < -0.4 is 10.2 Å². The quantitative estimate of drug-likeness (QED) is 0.741. The Kier molecular flexibility index (Phi) is 4.90. The van der Waals surface area contributed by atoms with Crippen LogP contribution in [0.4, 0.5) is 16.4 Å². The van der Waals surface area contributed by atoms with Gasteiger partial charge in [0.15, 0.2) is 0 Å². The molecule has 0 spiro atoms. The lowest BCUT2D eigenvalue weighted by Gasteiger charge is -2.35. The number of anilines is 2. The summed E-state index contributed by atoms with van der Waals surface area (Å²) in [6.07, 6.45) is 0. The van der Waals surface area contributed by atoms with Gasteiger partial charge in [0.2, 0.25) is 5.95 Å². The van der Waals surface area contributed by atoms with E-state index in [1.165, 1.54) is 0 Å². The number of nitrogens with zero attached hydrogens (tertiary/aromatic N) is 4. The molecule has 1 saturated heterocycles. The van der Waals surface area contributed by atoms with Crippen LogP contribution >= 0.6 is 11.6 Å². The van der Waals surface area contributed by atoms with E-state index in [1.807, 2.05) is 23.1 Å². The average Bonchev–Trinajstić information content (AvgIpc) is 3.08. The summed E-state index contributed by atoms with van der Waals surface area (Å²) in [7, 11) is 0. The highest BCUT2D eigenvalue weighted by atomic mass is 35.5. The van der Waals surface area contributed by atoms with Gasteiger partial charge in [0.05, 0.1) is 11.0 Å². The van der Waals surface area contributed by atoms with Crippen LogP contribution in [0, 0.1) is 0 Å². The van der Waals surface area contributed by atoms with E-state index in [2.05, 4.69) is 27.8 Å². The minimum absolute atomic E-state index is 0.0824. The molecule has 2 aromatic carbocycles. The molecular weight excluding hydrogens is 362 g/mol. The molecular formula is C20H22ClN5O. The van der Waals surface area contributed by atoms with Gasteiger partial charge < -0.3 is 19.7 Å². The van der Waals surface area contributed by atoms with Gasteiger partial charge in [-0.1, -0.05) is 23.7 Å². The van der Waals surface area contributed by atoms with E-state index >= 15 is 0 Å². The summed E-state index contributed by atoms with van der Waals surface area (Å²) in [5.41, 5.74) is 2.91. The molecule has 1 N–H and O–H groups in total. The zero-order chi connectivity index (χ0) is 18.8. The van der Waals surface area contributed by atoms with Crippen molar-refractivity contribution in [3.63, 3.8) is 0 Å². The third-order valence-electron chi connectivity index (χ3n) is 4.90. The number of aryl methyl sites for hydroxylation is 1. The van der Waals surface area contributed by atoms with E-state index < -0.39 is 0 Å². The lowest BCUT2D eigenvalue weighted by molar-refractivity contribution is 0.208. The molecule has 0 radical (unpaired) electrons. The van der Waals surface area contributed by atoms with Crippen LogP contribution in [0.2, 0.25) is 5.02 Å². The number of carbonyl (C=O) groups excluding carboxylic acids is 1. The van der Waals surface area contributed by atoms with Crippen molar-refractivity contribution >= 4 is 40.3 Å². The molecule has 0 saturated carbocycles. The molecule has 1 aliphatic rings. The predicted octanol–water partition coefficient (Wildman–Crippen LogP) is 4.06. The molecule has 2 amide bonds. The maximum Gasteiger partial charge on any atom is 0.321 e. The van der Waals surface area contributed by atoms with Crippen molar-refractivity contribution in [2.75, 3.05) is 36.4 Å². The first-order valence-corrected chi connectivity index (χ1v) is 9.55. The highest BCUT2D eigenvalue weighted by Gasteiger charge is 2.24. The Bertz CT molecular complexity index is 945. The average molecular weight is 384 g/mol. The number of piperazine rings is 1. The standard InChI is InChI=1S/C20H22ClN5O/c1-2-26-18-6-4-3-5-17(18)23-19(26)24-11-13-25(14-12-24)20(27)22-16-9-7-15(21)8-10-16/h3-10H,2,11-14H2,1H3,(H,22,27). The number of rotatable bonds is 3. The van der Waals surface area contributed by atoms with Crippen LogP contribution in [-0.2, 0) is 6.54 Å². The second kappa shape index (κ2) is 7.48. The van der Waals surface area contributed by atoms with Crippen molar-refractivity contribution < 1.29 is 4.79 Å². The molecule has 0 unspecified atom stereocenters. The molecule has 140 valence electrons. The van der Waals surface area contributed by atoms with Gasteiger partial charge in [-0.3, -0.25) is 0 Å². The van der Waals surface area contributed by atoms with Gasteiger partial charge in [0.25, 0.3) is 0 Å². The van der Waals surface area contributed by atoms with Crippen LogP contribution in [0.1, 0.15) is 6.92 Å². The number of amides is 2. The fourth-order valence-electron chi connectivity index (χ4n) is 3.46. The van der Waals surface area contributed by atoms with Gasteiger partial charge in [0.1, 0.15) is 0 Å². The van der Waals surface area contributed by atoms with Gasteiger partial charge >= 0.3 is 6.03 Å². The zero-order valence-electron chi connectivity index (χ0n) is 15.2. The molecule has 0 aliphatic carbocycles. The molecule has 6 nitrogen and oxygen atoms in total. The minimum Gasteiger partial charge on any atom is -0.339 e. The first kappa shape index (κ1) is 17.7. The molecule has 3 aromatic rings. The lowest BCUT2D eigenvalue weighted by atomic mass is 10.3. The predicted molar refractivity (Wildman–Crippen MR) is 110 cm³/mol. The fourth-order valence-corrected chi connectivity index (χ4v) is 3.59. The summed E-state index contributed by atoms with van der Waals surface area (Å²) < 4.78 is 2.23. The first-order valence-electron chi connectivity index (χ1n) is 9.17. The van der Waals surface area contributed by atoms with E-state index in [0.29, 0.717) is 18.1 Å². The molecule has 0 atom stereocenters. The van der Waals surface area contributed by atoms with Crippen LogP contribution in [0.5, 0.6) is 0 Å². The maximum atomic E-state index is 12.5. The van der Waals surface area contributed by atoms with Crippen molar-refractivity contribution in [1.29, 1.82) is 0 Å². The van der Waals surface area contributed by atoms with Crippen LogP contribution in [-0.4, -0.2) is 46.7 Å². The monoisotopic (exact) mass is 383 g/mol. The Hall–Kier alpha value is -2.73. The Balaban J connectivity index is 1.43. The second-order valence-corrected chi connectivity index (χ2v) is 6.99. The van der Waals surface area contributed by atoms with E-state index in [4.69, 9.17) is 16.6 Å². The topological polar surface area (TPSA) is 53.4 Å². The normalized spacial score (nSPS) is 14.6. The smallest absolute Gasteiger partial charge is 0.321 e. The van der Waals surface area contributed by atoms with Crippen molar-refractivity contribution in [1.82, 2.24) is 14.5 Å². The van der Waals surface area contributed by atoms with Gasteiger partial charge in [-0.05, 0) is 43.3 Å². The van der Waals surface area contributed by atoms with Crippen molar-refractivity contribution in [2.45, 2.75) is 13.5 Å². The summed E-state index contributed by atoms with van der Waals surface area (Å²) in [5.74, 6) is 0.983. The van der Waals surface area contributed by atoms with E-state index in [0.717, 1.165) is 42.3 Å². The van der Waals surface area contributed by atoms with E-state index in [1.54, 1.807) is 24.3 Å². The number of halogens is 1. The third kappa shape index (κ3) is 3.57. The Morgan fingerprint density at radius 3 is 2.48 bits per heavy atom. The van der Waals surface area contributed by atoms with Crippen LogP contribution in [0.25, 0.3) is 11.0 Å². The molecule has 1 aliphatic heterocycles. The summed E-state index contributed by atoms with van der Waals surface area (Å²) in [6.45, 7) is 5.84. The van der Waals surface area contributed by atoms with Gasteiger partial charge in [0, 0.05) is 43.4 Å². The summed E-state index contributed by atoms with van der Waals surface area (Å²) in [4.78, 5) is 21.4. The Morgan fingerprint density at radius 1 is 1.07 bits per heavy atom. The van der Waals surface area contributed by atoms with Crippen LogP contribution in [0.15, 0.2) is 48.5 Å². The number of urea groups is 1. The number of hydrogen-bond acceptors (Lipinski definition) is 3. The third-order valence-corrected chi connectivity index (χ3v) is 5.15. The fraction of sp³-hybridized carbons (Fsp3) is 0.300. The summed E-state index contributed by atoms with van der Waals surface area (Å²) in [6, 6.07) is 15.3. The van der Waals surface area contributed by atoms with Gasteiger partial charge in [-0.2, -0.15) is 0 Å². The highest BCUT2D eigenvalue weighted by Crippen LogP contribution is 2.23. The number of carbonyl (C=O) groups is 1. The number of hydrogen-bond donors (Lipinski definition) is 1. The first-order chi connectivity index (χ1) is 13.2. The largest absolute Gasteiger partial charge is 0.339 e. The Labute approximate surface area is 163 Å². The van der Waals surface area contributed by atoms with Crippen LogP contribution in [0.3, 0.4) is 0 Å². The van der Waals surface area contributed by atoms with Gasteiger partial charge in [-0.25, -0.2) is 9.78 Å². The molecule has 0 bridgehead atoms. The summed E-state index contributed by atoms with van der Waals surface area (Å²) >= 11 is 5.89. The van der Waals surface area contributed by atoms with Gasteiger partial charge in [-0.15, -0.1) is 0 Å². The van der Waals surface area contributed by atoms with E-state index in [-0.39, 0.29) is 6.03 Å². The van der Waals surface area contributed by atoms with Crippen molar-refractivity contribution in [3.8, 4) is 0 Å².